The second-order valence-corrected chi connectivity index (χ2v) is 6.66. The van der Waals surface area contributed by atoms with Crippen LogP contribution in [-0.2, 0) is 18.3 Å². The molecule has 114 valence electrons. The fraction of sp³-hybridized carbons (Fsp3) is 0.647. The number of carbonyl (C=O) groups excluding carboxylic acids is 1. The molecule has 2 aliphatic rings. The van der Waals surface area contributed by atoms with Gasteiger partial charge in [0, 0.05) is 32.8 Å². The predicted molar refractivity (Wildman–Crippen MR) is 82.8 cm³/mol. The smallest absolute Gasteiger partial charge is 0.222 e. The topological polar surface area (TPSA) is 38.1 Å². The number of carbonyl (C=O) groups is 1. The molecule has 4 heteroatoms. The van der Waals surface area contributed by atoms with Crippen LogP contribution in [0.2, 0.25) is 0 Å². The lowest BCUT2D eigenvalue weighted by molar-refractivity contribution is -0.134. The first-order chi connectivity index (χ1) is 10.2. The Labute approximate surface area is 126 Å². The third kappa shape index (κ3) is 3.36. The van der Waals surface area contributed by atoms with E-state index >= 15 is 0 Å². The molecule has 0 aromatic carbocycles. The van der Waals surface area contributed by atoms with Crippen molar-refractivity contribution in [2.75, 3.05) is 13.1 Å². The van der Waals surface area contributed by atoms with Crippen LogP contribution in [0.3, 0.4) is 0 Å². The molecule has 4 nitrogen and oxygen atoms in total. The van der Waals surface area contributed by atoms with Gasteiger partial charge < -0.3 is 4.90 Å². The number of hydrogen-bond acceptors (Lipinski definition) is 2. The number of aryl methyl sites for hydroxylation is 2. The van der Waals surface area contributed by atoms with Gasteiger partial charge in [0.05, 0.1) is 6.20 Å². The van der Waals surface area contributed by atoms with Gasteiger partial charge in [-0.05, 0) is 49.5 Å². The Kier molecular flexibility index (Phi) is 4.13. The van der Waals surface area contributed by atoms with E-state index in [9.17, 15) is 4.79 Å². The highest BCUT2D eigenvalue weighted by Crippen LogP contribution is 2.40. The maximum absolute atomic E-state index is 12.5. The maximum atomic E-state index is 12.5. The van der Waals surface area contributed by atoms with E-state index in [1.54, 1.807) is 4.68 Å². The summed E-state index contributed by atoms with van der Waals surface area (Å²) in [5.41, 5.74) is 1.52. The lowest BCUT2D eigenvalue weighted by Gasteiger charge is -2.44. The summed E-state index contributed by atoms with van der Waals surface area (Å²) in [6, 6.07) is 0. The van der Waals surface area contributed by atoms with E-state index in [4.69, 9.17) is 0 Å². The summed E-state index contributed by atoms with van der Waals surface area (Å²) in [6.45, 7) is 1.90. The van der Waals surface area contributed by atoms with Gasteiger partial charge in [-0.25, -0.2) is 0 Å². The van der Waals surface area contributed by atoms with Gasteiger partial charge in [0.1, 0.15) is 0 Å². The zero-order valence-corrected chi connectivity index (χ0v) is 12.9. The Morgan fingerprint density at radius 3 is 3.00 bits per heavy atom. The number of rotatable bonds is 3. The van der Waals surface area contributed by atoms with Crippen LogP contribution in [0.4, 0.5) is 0 Å². The van der Waals surface area contributed by atoms with Crippen molar-refractivity contribution >= 4 is 5.91 Å². The molecule has 21 heavy (non-hydrogen) atoms. The van der Waals surface area contributed by atoms with E-state index in [1.165, 1.54) is 19.3 Å². The van der Waals surface area contributed by atoms with Crippen molar-refractivity contribution in [2.24, 2.45) is 12.5 Å². The molecule has 0 saturated carbocycles. The molecule has 2 heterocycles. The van der Waals surface area contributed by atoms with Crippen molar-refractivity contribution in [1.29, 1.82) is 0 Å². The van der Waals surface area contributed by atoms with Crippen LogP contribution < -0.4 is 0 Å². The number of hydrogen-bond donors (Lipinski definition) is 0. The van der Waals surface area contributed by atoms with Crippen molar-refractivity contribution in [3.05, 3.63) is 30.1 Å². The Balaban J connectivity index is 1.55. The molecule has 1 aliphatic heterocycles. The normalized spacial score (nSPS) is 25.5. The molecule has 1 spiro atoms. The van der Waals surface area contributed by atoms with Crippen molar-refractivity contribution in [1.82, 2.24) is 14.7 Å². The van der Waals surface area contributed by atoms with E-state index in [0.717, 1.165) is 37.9 Å². The number of aromatic nitrogens is 2. The number of piperidine rings is 1. The molecule has 0 unspecified atom stereocenters. The first kappa shape index (κ1) is 14.4. The molecule has 1 aliphatic carbocycles. The molecule has 0 radical (unpaired) electrons. The largest absolute Gasteiger partial charge is 0.342 e. The molecular formula is C17H25N3O. The van der Waals surface area contributed by atoms with Crippen molar-refractivity contribution < 1.29 is 4.79 Å². The standard InChI is InChI=1S/C17H25N3O/c1-19-13-15(12-18-19)6-7-16(21)20-11-5-10-17(14-20)8-3-2-4-9-17/h2-3,12-13H,4-11,14H2,1H3/t17-/m0/s1. The van der Waals surface area contributed by atoms with Gasteiger partial charge in [0.2, 0.25) is 5.91 Å². The summed E-state index contributed by atoms with van der Waals surface area (Å²) in [4.78, 5) is 14.6. The SMILES string of the molecule is Cn1cc(CCC(=O)N2CCC[C@@]3(CC=CCC3)C2)cn1. The van der Waals surface area contributed by atoms with Crippen molar-refractivity contribution in [2.45, 2.75) is 44.9 Å². The average Bonchev–Trinajstić information content (AvgIpc) is 2.91. The fourth-order valence-electron chi connectivity index (χ4n) is 3.74. The van der Waals surface area contributed by atoms with E-state index in [2.05, 4.69) is 22.2 Å². The molecule has 1 atom stereocenters. The summed E-state index contributed by atoms with van der Waals surface area (Å²) < 4.78 is 1.80. The summed E-state index contributed by atoms with van der Waals surface area (Å²) in [5, 5.41) is 4.16. The van der Waals surface area contributed by atoms with Gasteiger partial charge in [0.25, 0.3) is 0 Å². The Morgan fingerprint density at radius 2 is 2.29 bits per heavy atom. The van der Waals surface area contributed by atoms with E-state index < -0.39 is 0 Å². The average molecular weight is 287 g/mol. The van der Waals surface area contributed by atoms with Gasteiger partial charge in [-0.2, -0.15) is 5.10 Å². The van der Waals surface area contributed by atoms with Crippen LogP contribution in [0.25, 0.3) is 0 Å². The number of allylic oxidation sites excluding steroid dienone is 2. The second-order valence-electron chi connectivity index (χ2n) is 6.66. The first-order valence-electron chi connectivity index (χ1n) is 8.07. The van der Waals surface area contributed by atoms with Gasteiger partial charge in [-0.3, -0.25) is 9.48 Å². The Morgan fingerprint density at radius 1 is 1.38 bits per heavy atom. The number of likely N-dealkylation sites (tertiary alicyclic amines) is 1. The predicted octanol–water partition coefficient (Wildman–Crippen LogP) is 2.70. The molecule has 1 fully saturated rings. The van der Waals surface area contributed by atoms with Crippen LogP contribution in [0, 0.1) is 5.41 Å². The van der Waals surface area contributed by atoms with Crippen LogP contribution in [0.15, 0.2) is 24.5 Å². The molecule has 1 amide bonds. The monoisotopic (exact) mass is 287 g/mol. The van der Waals surface area contributed by atoms with Gasteiger partial charge in [-0.1, -0.05) is 12.2 Å². The van der Waals surface area contributed by atoms with Crippen molar-refractivity contribution in [3.63, 3.8) is 0 Å². The lowest BCUT2D eigenvalue weighted by atomic mass is 9.71. The molecule has 0 N–H and O–H groups in total. The summed E-state index contributed by atoms with van der Waals surface area (Å²) in [6.07, 6.45) is 15.9. The van der Waals surface area contributed by atoms with E-state index in [-0.39, 0.29) is 0 Å². The first-order valence-corrected chi connectivity index (χ1v) is 8.07. The molecule has 1 saturated heterocycles. The summed E-state index contributed by atoms with van der Waals surface area (Å²) >= 11 is 0. The second kappa shape index (κ2) is 6.04. The third-order valence-electron chi connectivity index (χ3n) is 4.96. The van der Waals surface area contributed by atoms with Gasteiger partial charge >= 0.3 is 0 Å². The maximum Gasteiger partial charge on any atom is 0.222 e. The van der Waals surface area contributed by atoms with E-state index in [1.807, 2.05) is 19.4 Å². The highest BCUT2D eigenvalue weighted by Gasteiger charge is 2.36. The number of amides is 1. The zero-order chi connectivity index (χ0) is 14.7. The van der Waals surface area contributed by atoms with Crippen LogP contribution in [0.5, 0.6) is 0 Å². The quantitative estimate of drug-likeness (QED) is 0.802. The van der Waals surface area contributed by atoms with E-state index in [0.29, 0.717) is 17.7 Å². The van der Waals surface area contributed by atoms with Crippen molar-refractivity contribution in [3.8, 4) is 0 Å². The van der Waals surface area contributed by atoms with Crippen LogP contribution in [-0.4, -0.2) is 33.7 Å². The molecular weight excluding hydrogens is 262 g/mol. The molecule has 1 aromatic heterocycles. The van der Waals surface area contributed by atoms with Crippen LogP contribution in [0.1, 0.15) is 44.1 Å². The van der Waals surface area contributed by atoms with Crippen LogP contribution >= 0.6 is 0 Å². The fourth-order valence-corrected chi connectivity index (χ4v) is 3.74. The highest BCUT2D eigenvalue weighted by molar-refractivity contribution is 5.76. The minimum absolute atomic E-state index is 0.312. The molecule has 3 rings (SSSR count). The summed E-state index contributed by atoms with van der Waals surface area (Å²) in [5.74, 6) is 0.312. The third-order valence-corrected chi connectivity index (χ3v) is 4.96. The number of nitrogens with zero attached hydrogens (tertiary/aromatic N) is 3. The Bertz CT molecular complexity index is 534. The highest BCUT2D eigenvalue weighted by atomic mass is 16.2. The molecule has 0 bridgehead atoms. The summed E-state index contributed by atoms with van der Waals surface area (Å²) in [7, 11) is 1.91. The minimum Gasteiger partial charge on any atom is -0.342 e. The zero-order valence-electron chi connectivity index (χ0n) is 12.9. The Hall–Kier alpha value is -1.58. The lowest BCUT2D eigenvalue weighted by Crippen LogP contribution is -2.46. The minimum atomic E-state index is 0.312. The van der Waals surface area contributed by atoms with Gasteiger partial charge in [-0.15, -0.1) is 0 Å². The van der Waals surface area contributed by atoms with Gasteiger partial charge in [0.15, 0.2) is 0 Å². The molecule has 1 aromatic rings.